The first kappa shape index (κ1) is 12.5. The van der Waals surface area contributed by atoms with Crippen LogP contribution in [0.5, 0.6) is 0 Å². The molecule has 0 aliphatic carbocycles. The lowest BCUT2D eigenvalue weighted by atomic mass is 10.2. The van der Waals surface area contributed by atoms with Gasteiger partial charge >= 0.3 is 0 Å². The summed E-state index contributed by atoms with van der Waals surface area (Å²) < 4.78 is 0. The van der Waals surface area contributed by atoms with Crippen molar-refractivity contribution < 1.29 is 0 Å². The third kappa shape index (κ3) is 4.35. The van der Waals surface area contributed by atoms with Crippen LogP contribution in [-0.4, -0.2) is 0 Å². The van der Waals surface area contributed by atoms with E-state index in [2.05, 4.69) is 0 Å². The van der Waals surface area contributed by atoms with Crippen LogP contribution in [0.25, 0.3) is 6.08 Å². The summed E-state index contributed by atoms with van der Waals surface area (Å²) in [5.41, 5.74) is 0.999. The molecule has 0 aliphatic rings. The van der Waals surface area contributed by atoms with Crippen LogP contribution in [0.2, 0.25) is 10.0 Å². The molecule has 0 aliphatic heterocycles. The molecule has 13 heavy (non-hydrogen) atoms. The number of rotatable bonds is 1. The summed E-state index contributed by atoms with van der Waals surface area (Å²) in [4.78, 5) is 0. The zero-order valence-corrected chi connectivity index (χ0v) is 9.65. The molecule has 0 saturated carbocycles. The number of hydrogen-bond donors (Lipinski definition) is 0. The summed E-state index contributed by atoms with van der Waals surface area (Å²) in [6.45, 7) is 5.95. The molecule has 0 amide bonds. The maximum atomic E-state index is 5.87. The molecular weight excluding hydrogens is 203 g/mol. The van der Waals surface area contributed by atoms with Crippen molar-refractivity contribution in [2.24, 2.45) is 0 Å². The second-order valence-corrected chi connectivity index (χ2v) is 3.01. The average molecular weight is 217 g/mol. The van der Waals surface area contributed by atoms with Gasteiger partial charge in [-0.3, -0.25) is 0 Å². The molecule has 0 fully saturated rings. The third-order valence-electron chi connectivity index (χ3n) is 1.31. The van der Waals surface area contributed by atoms with E-state index in [1.165, 1.54) is 0 Å². The Morgan fingerprint density at radius 1 is 1.15 bits per heavy atom. The summed E-state index contributed by atoms with van der Waals surface area (Å²) in [6.07, 6.45) is 3.88. The molecule has 1 aromatic rings. The lowest BCUT2D eigenvalue weighted by Crippen LogP contribution is -1.73. The summed E-state index contributed by atoms with van der Waals surface area (Å²) in [6, 6.07) is 5.45. The van der Waals surface area contributed by atoms with Crippen LogP contribution in [0.15, 0.2) is 24.3 Å². The maximum Gasteiger partial charge on any atom is 0.0493 e. The van der Waals surface area contributed by atoms with E-state index < -0.39 is 0 Å². The van der Waals surface area contributed by atoms with Crippen molar-refractivity contribution in [2.75, 3.05) is 0 Å². The van der Waals surface area contributed by atoms with Crippen molar-refractivity contribution in [3.05, 3.63) is 39.9 Å². The van der Waals surface area contributed by atoms with Gasteiger partial charge in [0, 0.05) is 10.0 Å². The molecule has 0 radical (unpaired) electrons. The zero-order valence-electron chi connectivity index (χ0n) is 8.14. The van der Waals surface area contributed by atoms with Gasteiger partial charge in [-0.05, 0) is 24.6 Å². The van der Waals surface area contributed by atoms with E-state index in [9.17, 15) is 0 Å². The zero-order chi connectivity index (χ0) is 10.3. The molecule has 1 rings (SSSR count). The molecule has 72 valence electrons. The Hall–Kier alpha value is -0.460. The molecule has 0 unspecified atom stereocenters. The fourth-order valence-corrected chi connectivity index (χ4v) is 1.29. The van der Waals surface area contributed by atoms with Crippen molar-refractivity contribution in [1.82, 2.24) is 0 Å². The van der Waals surface area contributed by atoms with E-state index in [0.717, 1.165) is 5.56 Å². The molecule has 1 aromatic carbocycles. The largest absolute Gasteiger partial charge is 0.0870 e. The van der Waals surface area contributed by atoms with Gasteiger partial charge in [0.15, 0.2) is 0 Å². The molecule has 0 bridgehead atoms. The second kappa shape index (κ2) is 6.99. The Morgan fingerprint density at radius 2 is 1.77 bits per heavy atom. The summed E-state index contributed by atoms with van der Waals surface area (Å²) in [5.74, 6) is 0. The van der Waals surface area contributed by atoms with Gasteiger partial charge in [0.2, 0.25) is 0 Å². The van der Waals surface area contributed by atoms with Crippen LogP contribution in [0, 0.1) is 0 Å². The van der Waals surface area contributed by atoms with Crippen LogP contribution in [-0.2, 0) is 0 Å². The lowest BCUT2D eigenvalue weighted by Gasteiger charge is -1.96. The third-order valence-corrected chi connectivity index (χ3v) is 1.87. The molecule has 0 nitrogen and oxygen atoms in total. The highest BCUT2D eigenvalue weighted by Gasteiger charge is 1.95. The standard InChI is InChI=1S/C9H8Cl2.C2H6/c1-2-3-7-4-5-8(10)6-9(7)11;1-2/h2-6H,1H3;1-2H3/b3-2+;. The minimum absolute atomic E-state index is 0.670. The summed E-state index contributed by atoms with van der Waals surface area (Å²) in [5, 5.41) is 1.36. The molecule has 0 heterocycles. The average Bonchev–Trinajstić information content (AvgIpc) is 2.14. The first-order valence-corrected chi connectivity index (χ1v) is 5.07. The van der Waals surface area contributed by atoms with Gasteiger partial charge < -0.3 is 0 Å². The Bertz CT molecular complexity index is 277. The van der Waals surface area contributed by atoms with Gasteiger partial charge in [0.25, 0.3) is 0 Å². The highest BCUT2D eigenvalue weighted by Crippen LogP contribution is 2.21. The minimum atomic E-state index is 0.670. The lowest BCUT2D eigenvalue weighted by molar-refractivity contribution is 1.50. The Morgan fingerprint density at radius 3 is 2.23 bits per heavy atom. The molecule has 0 N–H and O–H groups in total. The van der Waals surface area contributed by atoms with Gasteiger partial charge in [-0.2, -0.15) is 0 Å². The van der Waals surface area contributed by atoms with E-state index >= 15 is 0 Å². The van der Waals surface area contributed by atoms with E-state index in [4.69, 9.17) is 23.2 Å². The fourth-order valence-electron chi connectivity index (χ4n) is 0.816. The van der Waals surface area contributed by atoms with E-state index in [1.807, 2.05) is 45.1 Å². The van der Waals surface area contributed by atoms with Crippen LogP contribution >= 0.6 is 23.2 Å². The highest BCUT2D eigenvalue weighted by molar-refractivity contribution is 6.35. The van der Waals surface area contributed by atoms with Crippen molar-refractivity contribution in [1.29, 1.82) is 0 Å². The monoisotopic (exact) mass is 216 g/mol. The van der Waals surface area contributed by atoms with Gasteiger partial charge in [0.1, 0.15) is 0 Å². The van der Waals surface area contributed by atoms with Gasteiger partial charge in [-0.25, -0.2) is 0 Å². The van der Waals surface area contributed by atoms with E-state index in [0.29, 0.717) is 10.0 Å². The van der Waals surface area contributed by atoms with Crippen molar-refractivity contribution in [3.63, 3.8) is 0 Å². The molecule has 2 heteroatoms. The SMILES string of the molecule is C/C=C/c1ccc(Cl)cc1Cl.CC. The number of halogens is 2. The van der Waals surface area contributed by atoms with Crippen LogP contribution in [0.4, 0.5) is 0 Å². The Balaban J connectivity index is 0.000000671. The van der Waals surface area contributed by atoms with E-state index in [1.54, 1.807) is 6.07 Å². The molecular formula is C11H14Cl2. The van der Waals surface area contributed by atoms with Crippen molar-refractivity contribution >= 4 is 29.3 Å². The predicted octanol–water partition coefficient (Wildman–Crippen LogP) is 5.05. The van der Waals surface area contributed by atoms with Crippen LogP contribution < -0.4 is 0 Å². The first-order chi connectivity index (χ1) is 6.24. The number of hydrogen-bond acceptors (Lipinski definition) is 0. The summed E-state index contributed by atoms with van der Waals surface area (Å²) in [7, 11) is 0. The first-order valence-electron chi connectivity index (χ1n) is 4.32. The Labute approximate surface area is 90.2 Å². The van der Waals surface area contributed by atoms with Crippen molar-refractivity contribution in [2.45, 2.75) is 20.8 Å². The quantitative estimate of drug-likeness (QED) is 0.617. The molecule has 0 atom stereocenters. The fraction of sp³-hybridized carbons (Fsp3) is 0.273. The minimum Gasteiger partial charge on any atom is -0.0870 e. The number of benzene rings is 1. The second-order valence-electron chi connectivity index (χ2n) is 2.17. The van der Waals surface area contributed by atoms with Crippen LogP contribution in [0.1, 0.15) is 26.3 Å². The highest BCUT2D eigenvalue weighted by atomic mass is 35.5. The smallest absolute Gasteiger partial charge is 0.0493 e. The molecule has 0 saturated heterocycles. The summed E-state index contributed by atoms with van der Waals surface area (Å²) >= 11 is 11.6. The van der Waals surface area contributed by atoms with Crippen LogP contribution in [0.3, 0.4) is 0 Å². The van der Waals surface area contributed by atoms with E-state index in [-0.39, 0.29) is 0 Å². The van der Waals surface area contributed by atoms with Gasteiger partial charge in [-0.1, -0.05) is 55.3 Å². The van der Waals surface area contributed by atoms with Crippen molar-refractivity contribution in [3.8, 4) is 0 Å². The number of allylic oxidation sites excluding steroid dienone is 1. The topological polar surface area (TPSA) is 0 Å². The van der Waals surface area contributed by atoms with Gasteiger partial charge in [-0.15, -0.1) is 0 Å². The Kier molecular flexibility index (Phi) is 6.75. The normalized spacial score (nSPS) is 9.62. The molecule has 0 aromatic heterocycles. The molecule has 0 spiro atoms. The predicted molar refractivity (Wildman–Crippen MR) is 62.5 cm³/mol. The van der Waals surface area contributed by atoms with Gasteiger partial charge in [0.05, 0.1) is 0 Å². The maximum absolute atomic E-state index is 5.87.